The molecule has 0 atom stereocenters. The molecule has 0 aromatic heterocycles. The van der Waals surface area contributed by atoms with Gasteiger partial charge in [0.2, 0.25) is 0 Å². The van der Waals surface area contributed by atoms with Crippen molar-refractivity contribution in [2.75, 3.05) is 20.3 Å². The molecule has 102 valence electrons. The van der Waals surface area contributed by atoms with Crippen molar-refractivity contribution < 1.29 is 9.47 Å². The number of benzene rings is 2. The third-order valence-electron chi connectivity index (χ3n) is 3.60. The molecule has 0 saturated carbocycles. The standard InChI is InChI=1S/C17H22O2/c1-12-11-13(2)17-15(14(12)3)7-5-8-16(17)19-10-6-9-18-4/h5,7-8,11H,6,9-10H2,1-4H3. The third-order valence-corrected chi connectivity index (χ3v) is 3.60. The number of fused-ring (bicyclic) bond motifs is 1. The Balaban J connectivity index is 2.37. The molecule has 0 aliphatic carbocycles. The van der Waals surface area contributed by atoms with E-state index in [1.54, 1.807) is 7.11 Å². The smallest absolute Gasteiger partial charge is 0.127 e. The maximum atomic E-state index is 5.92. The van der Waals surface area contributed by atoms with Crippen LogP contribution in [-0.4, -0.2) is 20.3 Å². The zero-order chi connectivity index (χ0) is 13.8. The lowest BCUT2D eigenvalue weighted by Gasteiger charge is -2.14. The van der Waals surface area contributed by atoms with Crippen molar-refractivity contribution >= 4 is 10.8 Å². The van der Waals surface area contributed by atoms with E-state index >= 15 is 0 Å². The Hall–Kier alpha value is -1.54. The van der Waals surface area contributed by atoms with Gasteiger partial charge in [0, 0.05) is 25.5 Å². The van der Waals surface area contributed by atoms with Gasteiger partial charge in [0.05, 0.1) is 6.61 Å². The van der Waals surface area contributed by atoms with Gasteiger partial charge in [-0.15, -0.1) is 0 Å². The van der Waals surface area contributed by atoms with E-state index in [2.05, 4.69) is 45.0 Å². The molecule has 0 aliphatic heterocycles. The minimum atomic E-state index is 0.694. The summed E-state index contributed by atoms with van der Waals surface area (Å²) in [5.41, 5.74) is 3.95. The maximum Gasteiger partial charge on any atom is 0.127 e. The molecule has 2 aromatic carbocycles. The Kier molecular flexibility index (Phi) is 4.43. The van der Waals surface area contributed by atoms with E-state index in [1.807, 2.05) is 0 Å². The molecular weight excluding hydrogens is 236 g/mol. The summed E-state index contributed by atoms with van der Waals surface area (Å²) in [7, 11) is 1.72. The fourth-order valence-electron chi connectivity index (χ4n) is 2.47. The summed E-state index contributed by atoms with van der Waals surface area (Å²) in [6.45, 7) is 7.91. The van der Waals surface area contributed by atoms with Crippen LogP contribution in [0, 0.1) is 20.8 Å². The molecule has 0 fully saturated rings. The molecule has 2 heteroatoms. The summed E-state index contributed by atoms with van der Waals surface area (Å²) in [6.07, 6.45) is 0.913. The lowest BCUT2D eigenvalue weighted by atomic mass is 9.96. The third kappa shape index (κ3) is 2.90. The van der Waals surface area contributed by atoms with Crippen LogP contribution in [0.25, 0.3) is 10.8 Å². The Morgan fingerprint density at radius 1 is 1.00 bits per heavy atom. The average molecular weight is 258 g/mol. The van der Waals surface area contributed by atoms with E-state index in [0.717, 1.165) is 18.8 Å². The molecule has 0 radical (unpaired) electrons. The molecule has 2 rings (SSSR count). The summed E-state index contributed by atoms with van der Waals surface area (Å²) >= 11 is 0. The second kappa shape index (κ2) is 6.07. The van der Waals surface area contributed by atoms with E-state index in [1.165, 1.54) is 27.5 Å². The van der Waals surface area contributed by atoms with Crippen LogP contribution < -0.4 is 4.74 Å². The summed E-state index contributed by atoms with van der Waals surface area (Å²) in [4.78, 5) is 0. The number of rotatable bonds is 5. The lowest BCUT2D eigenvalue weighted by Crippen LogP contribution is -2.02. The molecule has 0 saturated heterocycles. The highest BCUT2D eigenvalue weighted by molar-refractivity contribution is 5.94. The predicted octanol–water partition coefficient (Wildman–Crippen LogP) is 4.18. The maximum absolute atomic E-state index is 5.92. The molecule has 0 unspecified atom stereocenters. The van der Waals surface area contributed by atoms with Crippen LogP contribution in [0.1, 0.15) is 23.1 Å². The first-order valence-corrected chi connectivity index (χ1v) is 6.76. The van der Waals surface area contributed by atoms with Crippen molar-refractivity contribution in [2.45, 2.75) is 27.2 Å². The fraction of sp³-hybridized carbons (Fsp3) is 0.412. The second-order valence-corrected chi connectivity index (χ2v) is 5.01. The monoisotopic (exact) mass is 258 g/mol. The first-order chi connectivity index (χ1) is 9.15. The van der Waals surface area contributed by atoms with E-state index in [9.17, 15) is 0 Å². The van der Waals surface area contributed by atoms with Crippen LogP contribution in [0.4, 0.5) is 0 Å². The normalized spacial score (nSPS) is 10.9. The van der Waals surface area contributed by atoms with Gasteiger partial charge in [0.25, 0.3) is 0 Å². The van der Waals surface area contributed by atoms with Crippen LogP contribution in [0.15, 0.2) is 24.3 Å². The molecule has 2 aromatic rings. The number of hydrogen-bond acceptors (Lipinski definition) is 2. The van der Waals surface area contributed by atoms with Gasteiger partial charge in [-0.25, -0.2) is 0 Å². The zero-order valence-electron chi connectivity index (χ0n) is 12.2. The predicted molar refractivity (Wildman–Crippen MR) is 80.1 cm³/mol. The quantitative estimate of drug-likeness (QED) is 0.749. The largest absolute Gasteiger partial charge is 0.493 e. The first kappa shape index (κ1) is 13.9. The lowest BCUT2D eigenvalue weighted by molar-refractivity contribution is 0.172. The molecule has 0 bridgehead atoms. The molecular formula is C17H22O2. The second-order valence-electron chi connectivity index (χ2n) is 5.01. The highest BCUT2D eigenvalue weighted by atomic mass is 16.5. The van der Waals surface area contributed by atoms with Gasteiger partial charge < -0.3 is 9.47 Å². The van der Waals surface area contributed by atoms with E-state index < -0.39 is 0 Å². The summed E-state index contributed by atoms with van der Waals surface area (Å²) < 4.78 is 11.0. The Morgan fingerprint density at radius 2 is 1.79 bits per heavy atom. The van der Waals surface area contributed by atoms with Gasteiger partial charge in [-0.05, 0) is 48.9 Å². The topological polar surface area (TPSA) is 18.5 Å². The van der Waals surface area contributed by atoms with Crippen LogP contribution in [-0.2, 0) is 4.74 Å². The molecule has 0 spiro atoms. The average Bonchev–Trinajstić information content (AvgIpc) is 2.41. The number of hydrogen-bond donors (Lipinski definition) is 0. The number of aryl methyl sites for hydroxylation is 3. The summed E-state index contributed by atoms with van der Waals surface area (Å²) in [5, 5.41) is 2.53. The van der Waals surface area contributed by atoms with Crippen molar-refractivity contribution in [1.29, 1.82) is 0 Å². The van der Waals surface area contributed by atoms with Gasteiger partial charge in [-0.3, -0.25) is 0 Å². The van der Waals surface area contributed by atoms with Gasteiger partial charge in [-0.1, -0.05) is 18.2 Å². The van der Waals surface area contributed by atoms with Crippen molar-refractivity contribution in [2.24, 2.45) is 0 Å². The molecule has 0 aliphatic rings. The minimum absolute atomic E-state index is 0.694. The van der Waals surface area contributed by atoms with Crippen molar-refractivity contribution in [1.82, 2.24) is 0 Å². The van der Waals surface area contributed by atoms with Gasteiger partial charge >= 0.3 is 0 Å². The first-order valence-electron chi connectivity index (χ1n) is 6.76. The highest BCUT2D eigenvalue weighted by Gasteiger charge is 2.09. The van der Waals surface area contributed by atoms with Gasteiger partial charge in [0.15, 0.2) is 0 Å². The Labute approximate surface area is 115 Å². The number of methoxy groups -OCH3 is 1. The van der Waals surface area contributed by atoms with Crippen molar-refractivity contribution in [3.05, 3.63) is 41.0 Å². The zero-order valence-corrected chi connectivity index (χ0v) is 12.2. The van der Waals surface area contributed by atoms with Crippen LogP contribution in [0.3, 0.4) is 0 Å². The summed E-state index contributed by atoms with van der Waals surface area (Å²) in [5.74, 6) is 0.981. The van der Waals surface area contributed by atoms with Crippen molar-refractivity contribution in [3.63, 3.8) is 0 Å². The summed E-state index contributed by atoms with van der Waals surface area (Å²) in [6, 6.07) is 8.53. The van der Waals surface area contributed by atoms with E-state index in [4.69, 9.17) is 9.47 Å². The van der Waals surface area contributed by atoms with Crippen LogP contribution in [0.5, 0.6) is 5.75 Å². The molecule has 0 amide bonds. The molecule has 0 heterocycles. The number of ether oxygens (including phenoxy) is 2. The van der Waals surface area contributed by atoms with E-state index in [0.29, 0.717) is 6.61 Å². The highest BCUT2D eigenvalue weighted by Crippen LogP contribution is 2.32. The molecule has 0 N–H and O–H groups in total. The van der Waals surface area contributed by atoms with Crippen LogP contribution >= 0.6 is 0 Å². The Bertz CT molecular complexity index is 573. The van der Waals surface area contributed by atoms with Crippen LogP contribution in [0.2, 0.25) is 0 Å². The Morgan fingerprint density at radius 3 is 2.53 bits per heavy atom. The molecule has 2 nitrogen and oxygen atoms in total. The SMILES string of the molecule is COCCCOc1cccc2c(C)c(C)cc(C)c12. The molecule has 19 heavy (non-hydrogen) atoms. The van der Waals surface area contributed by atoms with E-state index in [-0.39, 0.29) is 0 Å². The van der Waals surface area contributed by atoms with Gasteiger partial charge in [0.1, 0.15) is 5.75 Å². The van der Waals surface area contributed by atoms with Crippen molar-refractivity contribution in [3.8, 4) is 5.75 Å². The fourth-order valence-corrected chi connectivity index (χ4v) is 2.47. The van der Waals surface area contributed by atoms with Gasteiger partial charge in [-0.2, -0.15) is 0 Å². The minimum Gasteiger partial charge on any atom is -0.493 e.